The van der Waals surface area contributed by atoms with Gasteiger partial charge in [0.25, 0.3) is 11.6 Å². The minimum atomic E-state index is -0.700. The van der Waals surface area contributed by atoms with Crippen LogP contribution in [0.5, 0.6) is 0 Å². The first kappa shape index (κ1) is 14.7. The van der Waals surface area contributed by atoms with Crippen molar-refractivity contribution in [1.29, 1.82) is 0 Å². The van der Waals surface area contributed by atoms with Crippen molar-refractivity contribution in [2.45, 2.75) is 6.92 Å². The van der Waals surface area contributed by atoms with Crippen molar-refractivity contribution in [3.63, 3.8) is 0 Å². The van der Waals surface area contributed by atoms with Gasteiger partial charge < -0.3 is 0 Å². The van der Waals surface area contributed by atoms with E-state index in [0.717, 1.165) is 11.1 Å². The van der Waals surface area contributed by atoms with Crippen molar-refractivity contribution in [3.8, 4) is 0 Å². The van der Waals surface area contributed by atoms with E-state index in [-0.39, 0.29) is 15.6 Å². The number of hydroxylamine groups is 2. The molecule has 0 bridgehead atoms. The second-order valence-corrected chi connectivity index (χ2v) is 4.02. The highest BCUT2D eigenvalue weighted by molar-refractivity contribution is 6.43. The average molecular weight is 293 g/mol. The van der Waals surface area contributed by atoms with Gasteiger partial charge in [0.05, 0.1) is 22.6 Å². The van der Waals surface area contributed by atoms with Crippen molar-refractivity contribution < 1.29 is 14.6 Å². The summed E-state index contributed by atoms with van der Waals surface area (Å²) in [6.45, 7) is 2.00. The fourth-order valence-corrected chi connectivity index (χ4v) is 1.72. The van der Waals surface area contributed by atoms with Crippen LogP contribution < -0.4 is 0 Å². The van der Waals surface area contributed by atoms with Gasteiger partial charge in [0, 0.05) is 12.6 Å². The number of benzene rings is 1. The van der Waals surface area contributed by atoms with E-state index < -0.39 is 16.5 Å². The summed E-state index contributed by atoms with van der Waals surface area (Å²) < 4.78 is 0. The molecule has 0 spiro atoms. The van der Waals surface area contributed by atoms with Crippen LogP contribution in [0.25, 0.3) is 0 Å². The monoisotopic (exact) mass is 292 g/mol. The predicted molar refractivity (Wildman–Crippen MR) is 66.8 cm³/mol. The van der Waals surface area contributed by atoms with E-state index in [9.17, 15) is 14.9 Å². The van der Waals surface area contributed by atoms with Gasteiger partial charge in [0.15, 0.2) is 0 Å². The molecule has 0 aliphatic heterocycles. The number of carbonyl (C=O) groups is 1. The predicted octanol–water partition coefficient (Wildman–Crippen LogP) is 2.93. The third kappa shape index (κ3) is 2.90. The molecule has 1 rings (SSSR count). The molecule has 1 aromatic rings. The van der Waals surface area contributed by atoms with Crippen molar-refractivity contribution >= 4 is 34.8 Å². The molecule has 0 aromatic heterocycles. The van der Waals surface area contributed by atoms with Crippen molar-refractivity contribution in [3.05, 3.63) is 37.9 Å². The van der Waals surface area contributed by atoms with Crippen LogP contribution in [0.2, 0.25) is 10.0 Å². The van der Waals surface area contributed by atoms with Crippen LogP contribution in [-0.2, 0) is 4.84 Å². The van der Waals surface area contributed by atoms with Gasteiger partial charge in [-0.2, -0.15) is 0 Å². The van der Waals surface area contributed by atoms with Crippen LogP contribution in [-0.4, -0.2) is 29.5 Å². The van der Waals surface area contributed by atoms with Crippen molar-refractivity contribution in [2.24, 2.45) is 0 Å². The maximum atomic E-state index is 11.9. The first-order chi connectivity index (χ1) is 8.42. The third-order valence-electron chi connectivity index (χ3n) is 2.19. The molecule has 0 atom stereocenters. The molecule has 0 fully saturated rings. The van der Waals surface area contributed by atoms with Crippen LogP contribution in [0.15, 0.2) is 12.1 Å². The highest BCUT2D eigenvalue weighted by atomic mass is 35.5. The zero-order valence-corrected chi connectivity index (χ0v) is 11.2. The smallest absolute Gasteiger partial charge is 0.274 e. The minimum absolute atomic E-state index is 0.0415. The molecular formula is C10H10Cl2N2O4. The SMILES string of the molecule is CCN(OC)C(=O)c1cc(Cl)c(Cl)c([N+](=O)[O-])c1. The molecule has 0 saturated carbocycles. The van der Waals surface area contributed by atoms with Gasteiger partial charge in [0.1, 0.15) is 5.02 Å². The largest absolute Gasteiger partial charge is 0.290 e. The van der Waals surface area contributed by atoms with E-state index in [0.29, 0.717) is 6.54 Å². The van der Waals surface area contributed by atoms with E-state index in [1.165, 1.54) is 13.2 Å². The van der Waals surface area contributed by atoms with E-state index in [2.05, 4.69) is 0 Å². The van der Waals surface area contributed by atoms with Crippen LogP contribution in [0, 0.1) is 10.1 Å². The van der Waals surface area contributed by atoms with Crippen LogP contribution >= 0.6 is 23.2 Å². The van der Waals surface area contributed by atoms with Crippen LogP contribution in [0.4, 0.5) is 5.69 Å². The minimum Gasteiger partial charge on any atom is -0.274 e. The van der Waals surface area contributed by atoms with Gasteiger partial charge in [-0.3, -0.25) is 19.7 Å². The highest BCUT2D eigenvalue weighted by Crippen LogP contribution is 2.33. The summed E-state index contributed by atoms with van der Waals surface area (Å²) >= 11 is 11.4. The molecule has 0 saturated heterocycles. The summed E-state index contributed by atoms with van der Waals surface area (Å²) in [6.07, 6.45) is 0. The number of hydrogen-bond donors (Lipinski definition) is 0. The Morgan fingerprint density at radius 1 is 1.50 bits per heavy atom. The quantitative estimate of drug-likeness (QED) is 0.632. The summed E-state index contributed by atoms with van der Waals surface area (Å²) in [5.74, 6) is -0.526. The number of amides is 1. The molecule has 0 aliphatic rings. The first-order valence-electron chi connectivity index (χ1n) is 4.91. The topological polar surface area (TPSA) is 72.7 Å². The Kier molecular flexibility index (Phi) is 4.89. The van der Waals surface area contributed by atoms with E-state index in [4.69, 9.17) is 28.0 Å². The second-order valence-electron chi connectivity index (χ2n) is 3.23. The fourth-order valence-electron chi connectivity index (χ4n) is 1.33. The lowest BCUT2D eigenvalue weighted by Crippen LogP contribution is -2.29. The normalized spacial score (nSPS) is 10.2. The standard InChI is InChI=1S/C10H10Cl2N2O4/c1-3-13(18-2)10(15)6-4-7(11)9(12)8(5-6)14(16)17/h4-5H,3H2,1-2H3. The Labute approximate surface area is 113 Å². The Balaban J connectivity index is 3.26. The average Bonchev–Trinajstić information content (AvgIpc) is 2.33. The Bertz CT molecular complexity index is 489. The first-order valence-corrected chi connectivity index (χ1v) is 5.67. The number of nitro benzene ring substituents is 1. The molecule has 0 N–H and O–H groups in total. The number of carbonyl (C=O) groups excluding carboxylic acids is 1. The number of halogens is 2. The maximum absolute atomic E-state index is 11.9. The zero-order valence-electron chi connectivity index (χ0n) is 9.65. The molecule has 0 radical (unpaired) electrons. The molecule has 98 valence electrons. The molecule has 0 unspecified atom stereocenters. The van der Waals surface area contributed by atoms with Crippen molar-refractivity contribution in [2.75, 3.05) is 13.7 Å². The Morgan fingerprint density at radius 3 is 2.56 bits per heavy atom. The molecule has 0 aliphatic carbocycles. The van der Waals surface area contributed by atoms with Gasteiger partial charge >= 0.3 is 0 Å². The van der Waals surface area contributed by atoms with Crippen molar-refractivity contribution in [1.82, 2.24) is 5.06 Å². The van der Waals surface area contributed by atoms with Gasteiger partial charge in [0.2, 0.25) is 0 Å². The lowest BCUT2D eigenvalue weighted by Gasteiger charge is -2.17. The van der Waals surface area contributed by atoms with Gasteiger partial charge in [-0.1, -0.05) is 23.2 Å². The van der Waals surface area contributed by atoms with Crippen LogP contribution in [0.3, 0.4) is 0 Å². The number of rotatable bonds is 4. The second kappa shape index (κ2) is 5.99. The molecule has 6 nitrogen and oxygen atoms in total. The zero-order chi connectivity index (χ0) is 13.9. The molecular weight excluding hydrogens is 283 g/mol. The molecule has 1 aromatic carbocycles. The highest BCUT2D eigenvalue weighted by Gasteiger charge is 2.22. The molecule has 1 amide bonds. The summed E-state index contributed by atoms with van der Waals surface area (Å²) in [6, 6.07) is 2.33. The summed E-state index contributed by atoms with van der Waals surface area (Å²) in [4.78, 5) is 26.8. The van der Waals surface area contributed by atoms with E-state index in [1.807, 2.05) is 0 Å². The number of nitrogens with zero attached hydrogens (tertiary/aromatic N) is 2. The number of nitro groups is 1. The van der Waals surface area contributed by atoms with Crippen LogP contribution in [0.1, 0.15) is 17.3 Å². The maximum Gasteiger partial charge on any atom is 0.290 e. The summed E-state index contributed by atoms with van der Waals surface area (Å²) in [5.41, 5.74) is -0.375. The third-order valence-corrected chi connectivity index (χ3v) is 2.98. The number of hydrogen-bond acceptors (Lipinski definition) is 4. The summed E-state index contributed by atoms with van der Waals surface area (Å²) in [7, 11) is 1.33. The molecule has 18 heavy (non-hydrogen) atoms. The lowest BCUT2D eigenvalue weighted by atomic mass is 10.2. The summed E-state index contributed by atoms with van der Waals surface area (Å²) in [5, 5.41) is 11.6. The van der Waals surface area contributed by atoms with E-state index in [1.54, 1.807) is 6.92 Å². The fraction of sp³-hybridized carbons (Fsp3) is 0.300. The lowest BCUT2D eigenvalue weighted by molar-refractivity contribution is -0.384. The molecule has 8 heteroatoms. The molecule has 0 heterocycles. The van der Waals surface area contributed by atoms with Gasteiger partial charge in [-0.25, -0.2) is 5.06 Å². The Hall–Kier alpha value is -1.37. The van der Waals surface area contributed by atoms with Gasteiger partial charge in [-0.15, -0.1) is 0 Å². The Morgan fingerprint density at radius 2 is 2.11 bits per heavy atom. The van der Waals surface area contributed by atoms with E-state index >= 15 is 0 Å². The van der Waals surface area contributed by atoms with Gasteiger partial charge in [-0.05, 0) is 13.0 Å².